The number of halogens is 1. The third kappa shape index (κ3) is 4.07. The molecule has 3 heterocycles. The van der Waals surface area contributed by atoms with Crippen LogP contribution >= 0.6 is 0 Å². The number of hydrogen-bond donors (Lipinski definition) is 0. The van der Waals surface area contributed by atoms with Gasteiger partial charge < -0.3 is 4.90 Å². The Morgan fingerprint density at radius 3 is 2.46 bits per heavy atom. The van der Waals surface area contributed by atoms with Crippen molar-refractivity contribution < 1.29 is 9.18 Å². The zero-order valence-electron chi connectivity index (χ0n) is 16.4. The van der Waals surface area contributed by atoms with Crippen LogP contribution in [0.25, 0.3) is 11.3 Å². The van der Waals surface area contributed by atoms with E-state index in [-0.39, 0.29) is 11.7 Å². The van der Waals surface area contributed by atoms with Crippen LogP contribution in [0, 0.1) is 5.82 Å². The number of amides is 1. The van der Waals surface area contributed by atoms with Crippen LogP contribution in [0.3, 0.4) is 0 Å². The van der Waals surface area contributed by atoms with Crippen LogP contribution in [0.1, 0.15) is 44.2 Å². The number of rotatable bonds is 3. The topological polar surface area (TPSA) is 49.3 Å². The summed E-state index contributed by atoms with van der Waals surface area (Å²) >= 11 is 0. The van der Waals surface area contributed by atoms with Crippen molar-refractivity contribution in [1.29, 1.82) is 0 Å². The SMILES string of the molecule is CC(=O)N1CCC(N2CCC[C@@H](c3nccnc3-c3ccc(F)cc3)C2)CC1. The zero-order valence-corrected chi connectivity index (χ0v) is 16.4. The molecule has 0 bridgehead atoms. The first-order valence-electron chi connectivity index (χ1n) is 10.2. The van der Waals surface area contributed by atoms with Crippen LogP contribution < -0.4 is 0 Å². The predicted molar refractivity (Wildman–Crippen MR) is 106 cm³/mol. The Morgan fingerprint density at radius 2 is 1.75 bits per heavy atom. The number of benzene rings is 1. The van der Waals surface area contributed by atoms with Crippen molar-refractivity contribution in [3.8, 4) is 11.3 Å². The summed E-state index contributed by atoms with van der Waals surface area (Å²) in [6.45, 7) is 5.44. The highest BCUT2D eigenvalue weighted by molar-refractivity contribution is 5.73. The van der Waals surface area contributed by atoms with Crippen molar-refractivity contribution in [3.63, 3.8) is 0 Å². The lowest BCUT2D eigenvalue weighted by Gasteiger charge is -2.42. The lowest BCUT2D eigenvalue weighted by molar-refractivity contribution is -0.130. The molecule has 1 aromatic carbocycles. The Morgan fingerprint density at radius 1 is 1.04 bits per heavy atom. The van der Waals surface area contributed by atoms with Crippen molar-refractivity contribution in [1.82, 2.24) is 19.8 Å². The van der Waals surface area contributed by atoms with Gasteiger partial charge in [0.25, 0.3) is 0 Å². The number of likely N-dealkylation sites (tertiary alicyclic amines) is 2. The molecular formula is C22H27FN4O. The monoisotopic (exact) mass is 382 g/mol. The van der Waals surface area contributed by atoms with E-state index in [1.807, 2.05) is 4.90 Å². The van der Waals surface area contributed by atoms with Crippen molar-refractivity contribution >= 4 is 5.91 Å². The van der Waals surface area contributed by atoms with Gasteiger partial charge in [-0.05, 0) is 56.5 Å². The zero-order chi connectivity index (χ0) is 19.5. The molecule has 6 heteroatoms. The van der Waals surface area contributed by atoms with Gasteiger partial charge in [-0.25, -0.2) is 4.39 Å². The Bertz CT molecular complexity index is 818. The van der Waals surface area contributed by atoms with E-state index in [0.717, 1.165) is 68.8 Å². The molecule has 0 spiro atoms. The maximum Gasteiger partial charge on any atom is 0.219 e. The molecule has 2 aliphatic rings. The summed E-state index contributed by atoms with van der Waals surface area (Å²) in [5, 5.41) is 0. The van der Waals surface area contributed by atoms with E-state index < -0.39 is 0 Å². The summed E-state index contributed by atoms with van der Waals surface area (Å²) in [6.07, 6.45) is 7.77. The fourth-order valence-corrected chi connectivity index (χ4v) is 4.58. The Balaban J connectivity index is 1.50. The minimum atomic E-state index is -0.241. The molecule has 0 saturated carbocycles. The fourth-order valence-electron chi connectivity index (χ4n) is 4.58. The lowest BCUT2D eigenvalue weighted by Crippen LogP contribution is -2.49. The van der Waals surface area contributed by atoms with E-state index in [2.05, 4.69) is 14.9 Å². The van der Waals surface area contributed by atoms with Gasteiger partial charge in [-0.1, -0.05) is 0 Å². The first kappa shape index (κ1) is 19.0. The van der Waals surface area contributed by atoms with Crippen LogP contribution in [-0.4, -0.2) is 57.9 Å². The van der Waals surface area contributed by atoms with Crippen LogP contribution in [0.15, 0.2) is 36.7 Å². The number of piperidine rings is 2. The van der Waals surface area contributed by atoms with Gasteiger partial charge in [-0.3, -0.25) is 19.7 Å². The number of carbonyl (C=O) groups excluding carboxylic acids is 1. The minimum absolute atomic E-state index is 0.179. The van der Waals surface area contributed by atoms with Gasteiger partial charge in [0.1, 0.15) is 5.82 Å². The molecule has 2 aromatic rings. The largest absolute Gasteiger partial charge is 0.343 e. The van der Waals surface area contributed by atoms with Gasteiger partial charge in [0.05, 0.1) is 11.4 Å². The van der Waals surface area contributed by atoms with Crippen LogP contribution in [0.4, 0.5) is 4.39 Å². The maximum absolute atomic E-state index is 13.3. The van der Waals surface area contributed by atoms with E-state index >= 15 is 0 Å². The highest BCUT2D eigenvalue weighted by atomic mass is 19.1. The Kier molecular flexibility index (Phi) is 5.67. The first-order valence-corrected chi connectivity index (χ1v) is 10.2. The standard InChI is InChI=1S/C22H27FN4O/c1-16(28)26-13-8-20(9-14-26)27-12-2-3-18(15-27)22-21(24-10-11-25-22)17-4-6-19(23)7-5-17/h4-7,10-11,18,20H,2-3,8-9,12-15H2,1H3/t18-/m1/s1. The number of nitrogens with zero attached hydrogens (tertiary/aromatic N) is 4. The van der Waals surface area contributed by atoms with E-state index in [9.17, 15) is 9.18 Å². The third-order valence-corrected chi connectivity index (χ3v) is 6.11. The molecule has 148 valence electrons. The Hall–Kier alpha value is -2.34. The molecule has 1 atom stereocenters. The minimum Gasteiger partial charge on any atom is -0.343 e. The molecule has 2 aliphatic heterocycles. The van der Waals surface area contributed by atoms with Crippen molar-refractivity contribution in [3.05, 3.63) is 48.2 Å². The molecule has 0 radical (unpaired) electrons. The van der Waals surface area contributed by atoms with E-state index in [4.69, 9.17) is 0 Å². The average Bonchev–Trinajstić information content (AvgIpc) is 2.74. The molecule has 1 amide bonds. The molecule has 0 unspecified atom stereocenters. The number of aromatic nitrogens is 2. The summed E-state index contributed by atoms with van der Waals surface area (Å²) in [5.74, 6) is 0.266. The molecule has 5 nitrogen and oxygen atoms in total. The summed E-state index contributed by atoms with van der Waals surface area (Å²) < 4.78 is 13.3. The summed E-state index contributed by atoms with van der Waals surface area (Å²) in [7, 11) is 0. The van der Waals surface area contributed by atoms with E-state index in [1.165, 1.54) is 12.1 Å². The van der Waals surface area contributed by atoms with Gasteiger partial charge >= 0.3 is 0 Å². The highest BCUT2D eigenvalue weighted by Crippen LogP contribution is 2.33. The molecule has 28 heavy (non-hydrogen) atoms. The molecular weight excluding hydrogens is 355 g/mol. The van der Waals surface area contributed by atoms with Gasteiger partial charge in [-0.2, -0.15) is 0 Å². The summed E-state index contributed by atoms with van der Waals surface area (Å²) in [4.78, 5) is 25.4. The van der Waals surface area contributed by atoms with Gasteiger partial charge in [0.2, 0.25) is 5.91 Å². The fraction of sp³-hybridized carbons (Fsp3) is 0.500. The van der Waals surface area contributed by atoms with Crippen molar-refractivity contribution in [2.24, 2.45) is 0 Å². The normalized spacial score (nSPS) is 21.6. The molecule has 0 aliphatic carbocycles. The van der Waals surface area contributed by atoms with E-state index in [0.29, 0.717) is 12.0 Å². The summed E-state index contributed by atoms with van der Waals surface area (Å²) in [5.41, 5.74) is 2.79. The molecule has 1 aromatic heterocycles. The van der Waals surface area contributed by atoms with Gasteiger partial charge in [0.15, 0.2) is 0 Å². The maximum atomic E-state index is 13.3. The van der Waals surface area contributed by atoms with Crippen molar-refractivity contribution in [2.75, 3.05) is 26.2 Å². The smallest absolute Gasteiger partial charge is 0.219 e. The first-order chi connectivity index (χ1) is 13.6. The second-order valence-electron chi connectivity index (χ2n) is 7.87. The number of hydrogen-bond acceptors (Lipinski definition) is 4. The second kappa shape index (κ2) is 8.35. The molecule has 0 N–H and O–H groups in total. The predicted octanol–water partition coefficient (Wildman–Crippen LogP) is 3.47. The Labute approximate surface area is 165 Å². The number of carbonyl (C=O) groups is 1. The van der Waals surface area contributed by atoms with Gasteiger partial charge in [-0.15, -0.1) is 0 Å². The van der Waals surface area contributed by atoms with E-state index in [1.54, 1.807) is 31.5 Å². The van der Waals surface area contributed by atoms with Crippen LogP contribution in [0.2, 0.25) is 0 Å². The van der Waals surface area contributed by atoms with Gasteiger partial charge in [0, 0.05) is 56.5 Å². The molecule has 4 rings (SSSR count). The highest BCUT2D eigenvalue weighted by Gasteiger charge is 2.31. The third-order valence-electron chi connectivity index (χ3n) is 6.11. The van der Waals surface area contributed by atoms with Crippen molar-refractivity contribution in [2.45, 2.75) is 44.6 Å². The quantitative estimate of drug-likeness (QED) is 0.816. The lowest BCUT2D eigenvalue weighted by atomic mass is 9.89. The molecule has 2 saturated heterocycles. The molecule has 2 fully saturated rings. The second-order valence-corrected chi connectivity index (χ2v) is 7.87. The average molecular weight is 382 g/mol. The van der Waals surface area contributed by atoms with Crippen LogP contribution in [-0.2, 0) is 4.79 Å². The summed E-state index contributed by atoms with van der Waals surface area (Å²) in [6, 6.07) is 7.04. The van der Waals surface area contributed by atoms with Crippen LogP contribution in [0.5, 0.6) is 0 Å².